The number of hydrogen-bond acceptors (Lipinski definition) is 4. The van der Waals surface area contributed by atoms with Gasteiger partial charge in [0.05, 0.1) is 5.39 Å². The Morgan fingerprint density at radius 1 is 1.30 bits per heavy atom. The van der Waals surface area contributed by atoms with Gasteiger partial charge in [-0.25, -0.2) is 14.8 Å². The number of aromatic nitrogens is 3. The van der Waals surface area contributed by atoms with E-state index in [2.05, 4.69) is 49.4 Å². The third-order valence-electron chi connectivity index (χ3n) is 3.97. The van der Waals surface area contributed by atoms with Gasteiger partial charge in [-0.3, -0.25) is 0 Å². The molecule has 0 bridgehead atoms. The first-order chi connectivity index (χ1) is 10.8. The Morgan fingerprint density at radius 2 is 2.00 bits per heavy atom. The summed E-state index contributed by atoms with van der Waals surface area (Å²) < 4.78 is 8.63. The van der Waals surface area contributed by atoms with E-state index < -0.39 is 5.60 Å². The van der Waals surface area contributed by atoms with Crippen molar-refractivity contribution >= 4 is 39.7 Å². The molecule has 0 atom stereocenters. The largest absolute Gasteiger partial charge is 0.444 e. The topological polar surface area (TPSA) is 60.2 Å². The van der Waals surface area contributed by atoms with Gasteiger partial charge in [0.1, 0.15) is 21.3 Å². The number of halogens is 1. The summed E-state index contributed by atoms with van der Waals surface area (Å²) in [5.41, 5.74) is 0.526. The summed E-state index contributed by atoms with van der Waals surface area (Å²) in [6.07, 6.45) is 5.28. The summed E-state index contributed by atoms with van der Waals surface area (Å²) >= 11 is 2.23. The fourth-order valence-electron chi connectivity index (χ4n) is 2.89. The van der Waals surface area contributed by atoms with Gasteiger partial charge in [-0.2, -0.15) is 0 Å². The van der Waals surface area contributed by atoms with Crippen molar-refractivity contribution in [3.63, 3.8) is 0 Å². The molecule has 124 valence electrons. The van der Waals surface area contributed by atoms with Crippen molar-refractivity contribution in [1.29, 1.82) is 0 Å². The fourth-order valence-corrected chi connectivity index (χ4v) is 3.43. The van der Waals surface area contributed by atoms with Crippen molar-refractivity contribution in [2.75, 3.05) is 13.1 Å². The van der Waals surface area contributed by atoms with Gasteiger partial charge in [-0.15, -0.1) is 0 Å². The second-order valence-corrected chi connectivity index (χ2v) is 7.85. The molecule has 0 aromatic carbocycles. The third kappa shape index (κ3) is 3.59. The number of fused-ring (bicyclic) bond motifs is 1. The van der Waals surface area contributed by atoms with Crippen LogP contribution in [0.4, 0.5) is 4.79 Å². The molecule has 1 amide bonds. The minimum atomic E-state index is -0.446. The highest BCUT2D eigenvalue weighted by molar-refractivity contribution is 14.1. The molecule has 0 N–H and O–H groups in total. The molecule has 2 aromatic heterocycles. The summed E-state index contributed by atoms with van der Waals surface area (Å²) in [6.45, 7) is 7.10. The van der Waals surface area contributed by atoms with Gasteiger partial charge in [0.15, 0.2) is 0 Å². The van der Waals surface area contributed by atoms with E-state index in [9.17, 15) is 4.79 Å². The zero-order valence-corrected chi connectivity index (χ0v) is 15.8. The lowest BCUT2D eigenvalue weighted by atomic mass is 10.1. The van der Waals surface area contributed by atoms with Crippen LogP contribution in [0.25, 0.3) is 11.0 Å². The highest BCUT2D eigenvalue weighted by Gasteiger charge is 2.28. The summed E-state index contributed by atoms with van der Waals surface area (Å²) in [7, 11) is 0. The molecular formula is C16H21IN4O2. The van der Waals surface area contributed by atoms with E-state index in [-0.39, 0.29) is 6.09 Å². The SMILES string of the molecule is CC(C)(C)OC(=O)N1CCC(n2ccc3c(I)ncnc32)CC1. The number of carbonyl (C=O) groups excluding carboxylic acids is 1. The molecule has 7 heteroatoms. The first-order valence-corrected chi connectivity index (χ1v) is 8.88. The molecule has 0 aliphatic carbocycles. The van der Waals surface area contributed by atoms with E-state index in [1.54, 1.807) is 11.2 Å². The number of hydrogen-bond donors (Lipinski definition) is 0. The summed E-state index contributed by atoms with van der Waals surface area (Å²) in [4.78, 5) is 22.6. The molecule has 0 radical (unpaired) electrons. The Bertz CT molecular complexity index is 714. The van der Waals surface area contributed by atoms with Crippen molar-refractivity contribution < 1.29 is 9.53 Å². The maximum absolute atomic E-state index is 12.1. The second kappa shape index (κ2) is 6.26. The Balaban J connectivity index is 1.69. The average molecular weight is 428 g/mol. The lowest BCUT2D eigenvalue weighted by molar-refractivity contribution is 0.0189. The van der Waals surface area contributed by atoms with E-state index >= 15 is 0 Å². The molecule has 3 rings (SSSR count). The monoisotopic (exact) mass is 428 g/mol. The minimum Gasteiger partial charge on any atom is -0.444 e. The molecule has 6 nitrogen and oxygen atoms in total. The second-order valence-electron chi connectivity index (χ2n) is 6.82. The van der Waals surface area contributed by atoms with E-state index in [1.807, 2.05) is 20.8 Å². The van der Waals surface area contributed by atoms with Crippen molar-refractivity contribution in [3.8, 4) is 0 Å². The van der Waals surface area contributed by atoms with Crippen LogP contribution in [0.5, 0.6) is 0 Å². The molecule has 1 fully saturated rings. The summed E-state index contributed by atoms with van der Waals surface area (Å²) in [6, 6.07) is 2.43. The van der Waals surface area contributed by atoms with Crippen LogP contribution in [0.15, 0.2) is 18.6 Å². The number of nitrogens with zero attached hydrogens (tertiary/aromatic N) is 4. The zero-order valence-electron chi connectivity index (χ0n) is 13.6. The Labute approximate surface area is 149 Å². The smallest absolute Gasteiger partial charge is 0.410 e. The maximum atomic E-state index is 12.1. The van der Waals surface area contributed by atoms with Crippen molar-refractivity contribution in [2.24, 2.45) is 0 Å². The molecule has 2 aromatic rings. The van der Waals surface area contributed by atoms with Crippen LogP contribution in [-0.2, 0) is 4.74 Å². The van der Waals surface area contributed by atoms with E-state index in [0.717, 1.165) is 27.6 Å². The minimum absolute atomic E-state index is 0.217. The van der Waals surface area contributed by atoms with Crippen molar-refractivity contribution in [3.05, 3.63) is 22.3 Å². The summed E-state index contributed by atoms with van der Waals surface area (Å²) in [5.74, 6) is 0. The number of likely N-dealkylation sites (tertiary alicyclic amines) is 1. The lowest BCUT2D eigenvalue weighted by Crippen LogP contribution is -2.42. The number of piperidine rings is 1. The van der Waals surface area contributed by atoms with Crippen LogP contribution >= 0.6 is 22.6 Å². The normalized spacial score (nSPS) is 16.8. The molecule has 3 heterocycles. The van der Waals surface area contributed by atoms with Gasteiger partial charge >= 0.3 is 6.09 Å². The van der Waals surface area contributed by atoms with E-state index in [1.165, 1.54) is 0 Å². The quantitative estimate of drug-likeness (QED) is 0.515. The molecule has 1 aliphatic heterocycles. The molecule has 0 saturated carbocycles. The van der Waals surface area contributed by atoms with Crippen LogP contribution < -0.4 is 0 Å². The van der Waals surface area contributed by atoms with Gasteiger partial charge in [-0.05, 0) is 62.3 Å². The average Bonchev–Trinajstić information content (AvgIpc) is 2.91. The Hall–Kier alpha value is -1.38. The highest BCUT2D eigenvalue weighted by atomic mass is 127. The molecule has 1 aliphatic rings. The van der Waals surface area contributed by atoms with Gasteiger partial charge in [0.2, 0.25) is 0 Å². The van der Waals surface area contributed by atoms with Crippen LogP contribution in [0.3, 0.4) is 0 Å². The molecule has 1 saturated heterocycles. The van der Waals surface area contributed by atoms with E-state index in [0.29, 0.717) is 19.1 Å². The third-order valence-corrected chi connectivity index (χ3v) is 4.83. The lowest BCUT2D eigenvalue weighted by Gasteiger charge is -2.34. The highest BCUT2D eigenvalue weighted by Crippen LogP contribution is 2.28. The first kappa shape index (κ1) is 16.5. The van der Waals surface area contributed by atoms with Gasteiger partial charge in [-0.1, -0.05) is 0 Å². The number of rotatable bonds is 1. The Morgan fingerprint density at radius 3 is 2.65 bits per heavy atom. The van der Waals surface area contributed by atoms with E-state index in [4.69, 9.17) is 4.74 Å². The van der Waals surface area contributed by atoms with Gasteiger partial charge in [0.25, 0.3) is 0 Å². The van der Waals surface area contributed by atoms with Gasteiger partial charge < -0.3 is 14.2 Å². The first-order valence-electron chi connectivity index (χ1n) is 7.80. The fraction of sp³-hybridized carbons (Fsp3) is 0.562. The van der Waals surface area contributed by atoms with Crippen molar-refractivity contribution in [2.45, 2.75) is 45.3 Å². The molecule has 0 unspecified atom stereocenters. The van der Waals surface area contributed by atoms with Gasteiger partial charge in [0, 0.05) is 25.3 Å². The predicted octanol–water partition coefficient (Wildman–Crippen LogP) is 3.61. The standard InChI is InChI=1S/C16H21IN4O2/c1-16(2,3)23-15(22)20-7-4-11(5-8-20)21-9-6-12-13(17)18-10-19-14(12)21/h6,9-11H,4-5,7-8H2,1-3H3. The molecular weight excluding hydrogens is 407 g/mol. The predicted molar refractivity (Wildman–Crippen MR) is 96.3 cm³/mol. The van der Waals surface area contributed by atoms with Crippen LogP contribution in [0.2, 0.25) is 0 Å². The molecule has 23 heavy (non-hydrogen) atoms. The number of carbonyl (C=O) groups is 1. The summed E-state index contributed by atoms with van der Waals surface area (Å²) in [5, 5.41) is 1.09. The van der Waals surface area contributed by atoms with Crippen LogP contribution in [0.1, 0.15) is 39.7 Å². The Kier molecular flexibility index (Phi) is 4.48. The number of ether oxygens (including phenoxy) is 1. The zero-order chi connectivity index (χ0) is 16.6. The van der Waals surface area contributed by atoms with Crippen LogP contribution in [0, 0.1) is 3.70 Å². The van der Waals surface area contributed by atoms with Crippen LogP contribution in [-0.4, -0.2) is 44.2 Å². The number of amides is 1. The van der Waals surface area contributed by atoms with Crippen molar-refractivity contribution in [1.82, 2.24) is 19.4 Å². The molecule has 0 spiro atoms. The maximum Gasteiger partial charge on any atom is 0.410 e.